The van der Waals surface area contributed by atoms with Crippen LogP contribution in [0, 0.1) is 0 Å². The minimum atomic E-state index is -0.222. The zero-order chi connectivity index (χ0) is 21.8. The summed E-state index contributed by atoms with van der Waals surface area (Å²) in [5, 5.41) is 15.7. The van der Waals surface area contributed by atoms with Crippen LogP contribution in [-0.4, -0.2) is 41.2 Å². The number of nitrogens with zero attached hydrogens (tertiary/aromatic N) is 6. The maximum atomic E-state index is 12.4. The molecule has 0 atom stereocenters. The first-order valence-corrected chi connectivity index (χ1v) is 11.4. The Morgan fingerprint density at radius 1 is 1.10 bits per heavy atom. The van der Waals surface area contributed by atoms with Gasteiger partial charge in [0.2, 0.25) is 17.0 Å². The van der Waals surface area contributed by atoms with E-state index in [1.54, 1.807) is 4.68 Å². The van der Waals surface area contributed by atoms with E-state index in [2.05, 4.69) is 63.1 Å². The van der Waals surface area contributed by atoms with Gasteiger partial charge in [0.25, 0.3) is 0 Å². The van der Waals surface area contributed by atoms with Crippen LogP contribution >= 0.6 is 23.3 Å². The normalized spacial score (nSPS) is 11.5. The van der Waals surface area contributed by atoms with Crippen LogP contribution in [0.25, 0.3) is 16.3 Å². The van der Waals surface area contributed by atoms with Crippen LogP contribution in [0.2, 0.25) is 0 Å². The van der Waals surface area contributed by atoms with E-state index in [4.69, 9.17) is 0 Å². The number of hydrogen-bond donors (Lipinski definition) is 1. The molecule has 4 rings (SSSR count). The fourth-order valence-corrected chi connectivity index (χ4v) is 4.11. The second kappa shape index (κ2) is 8.94. The molecule has 4 aromatic rings. The molecule has 0 radical (unpaired) electrons. The Morgan fingerprint density at radius 3 is 2.55 bits per heavy atom. The van der Waals surface area contributed by atoms with Crippen LogP contribution in [0.1, 0.15) is 26.3 Å². The highest BCUT2D eigenvalue weighted by atomic mass is 32.2. The number of nitrogens with one attached hydrogen (secondary N) is 1. The highest BCUT2D eigenvalue weighted by Crippen LogP contribution is 2.28. The van der Waals surface area contributed by atoms with Crippen LogP contribution in [0.4, 0.5) is 5.95 Å². The number of thioether (sulfide) groups is 1. The summed E-state index contributed by atoms with van der Waals surface area (Å²) in [6, 6.07) is 17.8. The Kier molecular flexibility index (Phi) is 6.10. The molecule has 0 aliphatic rings. The van der Waals surface area contributed by atoms with Gasteiger partial charge >= 0.3 is 0 Å². The van der Waals surface area contributed by atoms with Gasteiger partial charge in [-0.25, -0.2) is 0 Å². The molecule has 31 heavy (non-hydrogen) atoms. The van der Waals surface area contributed by atoms with Crippen molar-refractivity contribution in [2.24, 2.45) is 0 Å². The molecule has 8 nitrogen and oxygen atoms in total. The molecule has 0 spiro atoms. The fourth-order valence-electron chi connectivity index (χ4n) is 2.80. The zero-order valence-corrected chi connectivity index (χ0v) is 18.9. The van der Waals surface area contributed by atoms with Gasteiger partial charge in [-0.05, 0) is 45.1 Å². The number of amides is 1. The third-order valence-electron chi connectivity index (χ3n) is 4.45. The second-order valence-corrected chi connectivity index (χ2v) is 9.49. The molecule has 1 amide bonds. The number of hydrogen-bond acceptors (Lipinski definition) is 8. The van der Waals surface area contributed by atoms with Crippen molar-refractivity contribution >= 4 is 35.1 Å². The van der Waals surface area contributed by atoms with Crippen LogP contribution in [0.15, 0.2) is 59.8 Å². The number of rotatable bonds is 6. The maximum absolute atomic E-state index is 12.4. The summed E-state index contributed by atoms with van der Waals surface area (Å²) in [4.78, 5) is 16.8. The number of para-hydroxylation sites is 1. The van der Waals surface area contributed by atoms with Crippen LogP contribution in [-0.2, 0) is 10.2 Å². The van der Waals surface area contributed by atoms with E-state index in [1.807, 2.05) is 42.5 Å². The lowest BCUT2D eigenvalue weighted by atomic mass is 9.87. The molecule has 158 valence electrons. The SMILES string of the molecule is CC(C)(C)c1ccc(-c2nc(NC(=O)CSc3nnnn3-c3ccccc3)ns2)cc1. The number of anilines is 1. The number of aromatic nitrogens is 6. The summed E-state index contributed by atoms with van der Waals surface area (Å²) < 4.78 is 5.85. The highest BCUT2D eigenvalue weighted by molar-refractivity contribution is 7.99. The molecule has 2 aromatic carbocycles. The van der Waals surface area contributed by atoms with Crippen molar-refractivity contribution in [1.29, 1.82) is 0 Å². The number of carbonyl (C=O) groups is 1. The lowest BCUT2D eigenvalue weighted by Crippen LogP contribution is -2.15. The molecular weight excluding hydrogens is 430 g/mol. The van der Waals surface area contributed by atoms with Crippen molar-refractivity contribution < 1.29 is 4.79 Å². The summed E-state index contributed by atoms with van der Waals surface area (Å²) in [7, 11) is 0. The first kappa shape index (κ1) is 21.1. The number of tetrazole rings is 1. The minimum Gasteiger partial charge on any atom is -0.293 e. The molecule has 0 unspecified atom stereocenters. The topological polar surface area (TPSA) is 98.5 Å². The molecule has 0 saturated heterocycles. The zero-order valence-electron chi connectivity index (χ0n) is 17.3. The standard InChI is InChI=1S/C21H21N7OS2/c1-21(2,3)15-11-9-14(10-12-15)18-23-19(25-31-18)22-17(29)13-30-20-24-26-27-28(20)16-7-5-4-6-8-16/h4-12H,13H2,1-3H3,(H,22,25,29). The Balaban J connectivity index is 1.37. The minimum absolute atomic E-state index is 0.0940. The van der Waals surface area contributed by atoms with E-state index >= 15 is 0 Å². The van der Waals surface area contributed by atoms with Crippen LogP contribution in [0.5, 0.6) is 0 Å². The van der Waals surface area contributed by atoms with Gasteiger partial charge in [0, 0.05) is 5.56 Å². The Morgan fingerprint density at radius 2 is 1.84 bits per heavy atom. The monoisotopic (exact) mass is 451 g/mol. The summed E-state index contributed by atoms with van der Waals surface area (Å²) >= 11 is 2.50. The Bertz CT molecular complexity index is 1160. The highest BCUT2D eigenvalue weighted by Gasteiger charge is 2.16. The maximum Gasteiger partial charge on any atom is 0.241 e. The van der Waals surface area contributed by atoms with E-state index in [0.29, 0.717) is 11.1 Å². The molecule has 0 aliphatic carbocycles. The van der Waals surface area contributed by atoms with Crippen molar-refractivity contribution in [3.63, 3.8) is 0 Å². The summed E-state index contributed by atoms with van der Waals surface area (Å²) in [6.07, 6.45) is 0. The molecule has 10 heteroatoms. The van der Waals surface area contributed by atoms with Crippen molar-refractivity contribution in [2.75, 3.05) is 11.1 Å². The predicted octanol–water partition coefficient (Wildman–Crippen LogP) is 4.21. The molecule has 0 bridgehead atoms. The van der Waals surface area contributed by atoms with Crippen molar-refractivity contribution in [1.82, 2.24) is 29.6 Å². The molecule has 0 fully saturated rings. The summed E-state index contributed by atoms with van der Waals surface area (Å²) in [5.74, 6) is 0.218. The van der Waals surface area contributed by atoms with E-state index < -0.39 is 0 Å². The molecule has 2 aromatic heterocycles. The lowest BCUT2D eigenvalue weighted by Gasteiger charge is -2.18. The van der Waals surface area contributed by atoms with E-state index in [-0.39, 0.29) is 17.1 Å². The van der Waals surface area contributed by atoms with E-state index in [0.717, 1.165) is 16.3 Å². The summed E-state index contributed by atoms with van der Waals surface area (Å²) in [5.41, 5.74) is 3.15. The fraction of sp³-hybridized carbons (Fsp3) is 0.238. The van der Waals surface area contributed by atoms with Gasteiger partial charge in [-0.15, -0.1) is 5.10 Å². The van der Waals surface area contributed by atoms with Gasteiger partial charge in [0.05, 0.1) is 11.4 Å². The average Bonchev–Trinajstić information content (AvgIpc) is 3.42. The van der Waals surface area contributed by atoms with Gasteiger partial charge in [0.15, 0.2) is 0 Å². The number of carbonyl (C=O) groups excluding carboxylic acids is 1. The quantitative estimate of drug-likeness (QED) is 0.439. The van der Waals surface area contributed by atoms with Gasteiger partial charge in [0.1, 0.15) is 5.01 Å². The van der Waals surface area contributed by atoms with Gasteiger partial charge in [-0.1, -0.05) is 75.0 Å². The van der Waals surface area contributed by atoms with Gasteiger partial charge in [-0.2, -0.15) is 14.0 Å². The smallest absolute Gasteiger partial charge is 0.241 e. The molecule has 0 saturated carbocycles. The molecule has 1 N–H and O–H groups in total. The lowest BCUT2D eigenvalue weighted by molar-refractivity contribution is -0.113. The average molecular weight is 452 g/mol. The van der Waals surface area contributed by atoms with Gasteiger partial charge in [-0.3, -0.25) is 10.1 Å². The van der Waals surface area contributed by atoms with E-state index in [9.17, 15) is 4.79 Å². The number of benzene rings is 2. The van der Waals surface area contributed by atoms with Crippen molar-refractivity contribution in [3.8, 4) is 16.3 Å². The largest absolute Gasteiger partial charge is 0.293 e. The first-order chi connectivity index (χ1) is 14.9. The third kappa shape index (κ3) is 5.15. The predicted molar refractivity (Wildman–Crippen MR) is 123 cm³/mol. The molecule has 2 heterocycles. The van der Waals surface area contributed by atoms with Crippen LogP contribution < -0.4 is 5.32 Å². The molecule has 0 aliphatic heterocycles. The Hall–Kier alpha value is -3.11. The summed E-state index contributed by atoms with van der Waals surface area (Å²) in [6.45, 7) is 6.53. The van der Waals surface area contributed by atoms with Crippen molar-refractivity contribution in [2.45, 2.75) is 31.3 Å². The van der Waals surface area contributed by atoms with Crippen LogP contribution in [0.3, 0.4) is 0 Å². The first-order valence-electron chi connectivity index (χ1n) is 9.61. The third-order valence-corrected chi connectivity index (χ3v) is 6.13. The van der Waals surface area contributed by atoms with Crippen molar-refractivity contribution in [3.05, 3.63) is 60.2 Å². The second-order valence-electron chi connectivity index (χ2n) is 7.80. The Labute approximate surface area is 188 Å². The van der Waals surface area contributed by atoms with Gasteiger partial charge < -0.3 is 0 Å². The molecular formula is C21H21N7OS2. The van der Waals surface area contributed by atoms with E-state index in [1.165, 1.54) is 28.9 Å².